The summed E-state index contributed by atoms with van der Waals surface area (Å²) in [4.78, 5) is 8.18. The Kier molecular flexibility index (Phi) is 5.67. The molecule has 4 rings (SSSR count). The molecule has 0 aliphatic heterocycles. The zero-order chi connectivity index (χ0) is 24.2. The van der Waals surface area contributed by atoms with Gasteiger partial charge in [-0.2, -0.15) is 23.2 Å². The number of pyridine rings is 2. The Morgan fingerprint density at radius 1 is 1.21 bits per heavy atom. The van der Waals surface area contributed by atoms with Gasteiger partial charge in [0.05, 0.1) is 22.0 Å². The van der Waals surface area contributed by atoms with Crippen LogP contribution in [-0.2, 0) is 10.0 Å². The van der Waals surface area contributed by atoms with Crippen LogP contribution >= 0.6 is 11.6 Å². The highest BCUT2D eigenvalue weighted by molar-refractivity contribution is 7.89. The van der Waals surface area contributed by atoms with Gasteiger partial charge in [-0.15, -0.1) is 0 Å². The molecule has 3 aromatic rings. The summed E-state index contributed by atoms with van der Waals surface area (Å²) in [6.45, 7) is 1.47. The maximum atomic E-state index is 13.1. The SMILES string of the molecule is CC(C)(NS(=O)(=O)c1ccc(-c2c(C#N)c3cc(Cl)cnc3n2C2CCC2)nc1)C(F)(F)F. The lowest BCUT2D eigenvalue weighted by Crippen LogP contribution is -2.54. The number of halogens is 4. The number of aromatic nitrogens is 3. The molecule has 0 saturated heterocycles. The van der Waals surface area contributed by atoms with E-state index in [1.165, 1.54) is 18.3 Å². The van der Waals surface area contributed by atoms with E-state index in [4.69, 9.17) is 11.6 Å². The fraction of sp³-hybridized carbons (Fsp3) is 0.381. The van der Waals surface area contributed by atoms with Crippen LogP contribution in [0.15, 0.2) is 35.5 Å². The summed E-state index contributed by atoms with van der Waals surface area (Å²) >= 11 is 6.09. The smallest absolute Gasteiger partial charge is 0.320 e. The number of rotatable bonds is 5. The van der Waals surface area contributed by atoms with Gasteiger partial charge in [-0.05, 0) is 51.3 Å². The highest BCUT2D eigenvalue weighted by Gasteiger charge is 2.49. The van der Waals surface area contributed by atoms with Crippen molar-refractivity contribution >= 4 is 32.7 Å². The lowest BCUT2D eigenvalue weighted by atomic mass is 9.92. The monoisotopic (exact) mass is 497 g/mol. The van der Waals surface area contributed by atoms with Gasteiger partial charge in [0.2, 0.25) is 10.0 Å². The van der Waals surface area contributed by atoms with Gasteiger partial charge >= 0.3 is 6.18 Å². The average Bonchev–Trinajstić information content (AvgIpc) is 2.98. The summed E-state index contributed by atoms with van der Waals surface area (Å²) in [5.41, 5.74) is -1.02. The van der Waals surface area contributed by atoms with Crippen molar-refractivity contribution in [1.29, 1.82) is 5.26 Å². The molecule has 1 saturated carbocycles. The number of fused-ring (bicyclic) bond motifs is 1. The van der Waals surface area contributed by atoms with Gasteiger partial charge in [0.15, 0.2) is 0 Å². The second kappa shape index (κ2) is 7.97. The Bertz CT molecular complexity index is 1370. The van der Waals surface area contributed by atoms with Crippen LogP contribution in [0.3, 0.4) is 0 Å². The summed E-state index contributed by atoms with van der Waals surface area (Å²) in [5.74, 6) is 0. The minimum absolute atomic E-state index is 0.0951. The molecule has 3 heterocycles. The minimum Gasteiger partial charge on any atom is -0.320 e. The topological polar surface area (TPSA) is 101 Å². The Morgan fingerprint density at radius 2 is 1.91 bits per heavy atom. The first-order chi connectivity index (χ1) is 15.4. The number of sulfonamides is 1. The molecule has 0 radical (unpaired) electrons. The molecule has 0 unspecified atom stereocenters. The van der Waals surface area contributed by atoms with Gasteiger partial charge < -0.3 is 4.57 Å². The lowest BCUT2D eigenvalue weighted by Gasteiger charge is -2.29. The van der Waals surface area contributed by atoms with E-state index >= 15 is 0 Å². The molecule has 1 N–H and O–H groups in total. The molecule has 7 nitrogen and oxygen atoms in total. The van der Waals surface area contributed by atoms with Gasteiger partial charge in [-0.3, -0.25) is 4.98 Å². The fourth-order valence-corrected chi connectivity index (χ4v) is 5.16. The number of nitriles is 1. The van der Waals surface area contributed by atoms with E-state index in [9.17, 15) is 26.9 Å². The number of nitrogens with zero attached hydrogens (tertiary/aromatic N) is 4. The summed E-state index contributed by atoms with van der Waals surface area (Å²) in [6.07, 6.45) is 0.469. The third kappa shape index (κ3) is 4.07. The number of nitrogens with one attached hydrogen (secondary N) is 1. The average molecular weight is 498 g/mol. The Labute approximate surface area is 193 Å². The predicted octanol–water partition coefficient (Wildman–Crippen LogP) is 4.97. The van der Waals surface area contributed by atoms with E-state index in [0.29, 0.717) is 33.0 Å². The largest absolute Gasteiger partial charge is 0.407 e. The van der Waals surface area contributed by atoms with Gasteiger partial charge in [0.25, 0.3) is 0 Å². The van der Waals surface area contributed by atoms with E-state index in [1.54, 1.807) is 10.8 Å². The second-order valence-electron chi connectivity index (χ2n) is 8.42. The maximum absolute atomic E-state index is 13.1. The van der Waals surface area contributed by atoms with Gasteiger partial charge in [-0.1, -0.05) is 11.6 Å². The molecule has 1 aliphatic rings. The first-order valence-corrected chi connectivity index (χ1v) is 11.9. The number of hydrogen-bond donors (Lipinski definition) is 1. The first kappa shape index (κ1) is 23.5. The Hall–Kier alpha value is -2.68. The van der Waals surface area contributed by atoms with Crippen LogP contribution in [0.1, 0.15) is 44.7 Å². The molecule has 0 spiro atoms. The summed E-state index contributed by atoms with van der Waals surface area (Å²) in [7, 11) is -4.50. The van der Waals surface area contributed by atoms with Gasteiger partial charge in [0.1, 0.15) is 22.2 Å². The number of alkyl halides is 3. The normalized spacial score (nSPS) is 15.4. The molecule has 33 heavy (non-hydrogen) atoms. The molecular formula is C21H19ClF3N5O2S. The van der Waals surface area contributed by atoms with Crippen LogP contribution in [0.5, 0.6) is 0 Å². The van der Waals surface area contributed by atoms with E-state index < -0.39 is 26.6 Å². The van der Waals surface area contributed by atoms with E-state index in [0.717, 1.165) is 39.3 Å². The van der Waals surface area contributed by atoms with E-state index in [2.05, 4.69) is 16.0 Å². The first-order valence-electron chi connectivity index (χ1n) is 10.0. The molecular weight excluding hydrogens is 479 g/mol. The summed E-state index contributed by atoms with van der Waals surface area (Å²) in [5, 5.41) is 10.8. The standard InChI is InChI=1S/C21H19ClF3N5O2S/c1-20(2,21(23,24)25)29-33(31,32)14-6-7-17(27-11-14)18-16(9-26)15-8-12(22)10-28-19(15)30(18)13-4-3-5-13/h6-8,10-11,13,29H,3-5H2,1-2H3. The molecule has 0 atom stereocenters. The molecule has 1 aliphatic carbocycles. The molecule has 12 heteroatoms. The summed E-state index contributed by atoms with van der Waals surface area (Å²) in [6, 6.07) is 6.45. The summed E-state index contributed by atoms with van der Waals surface area (Å²) < 4.78 is 68.1. The van der Waals surface area contributed by atoms with Crippen molar-refractivity contribution in [3.63, 3.8) is 0 Å². The third-order valence-corrected chi connectivity index (χ3v) is 7.60. The van der Waals surface area contributed by atoms with Crippen molar-refractivity contribution in [2.45, 2.75) is 55.8 Å². The number of hydrogen-bond acceptors (Lipinski definition) is 5. The van der Waals surface area contributed by atoms with Crippen molar-refractivity contribution in [3.05, 3.63) is 41.2 Å². The lowest BCUT2D eigenvalue weighted by molar-refractivity contribution is -0.180. The second-order valence-corrected chi connectivity index (χ2v) is 10.5. The van der Waals surface area contributed by atoms with Crippen molar-refractivity contribution in [2.24, 2.45) is 0 Å². The van der Waals surface area contributed by atoms with E-state index in [-0.39, 0.29) is 6.04 Å². The van der Waals surface area contributed by atoms with Crippen molar-refractivity contribution in [1.82, 2.24) is 19.3 Å². The van der Waals surface area contributed by atoms with Crippen LogP contribution < -0.4 is 4.72 Å². The van der Waals surface area contributed by atoms with Crippen molar-refractivity contribution in [2.75, 3.05) is 0 Å². The maximum Gasteiger partial charge on any atom is 0.407 e. The third-order valence-electron chi connectivity index (χ3n) is 5.75. The molecule has 0 aromatic carbocycles. The predicted molar refractivity (Wildman–Crippen MR) is 116 cm³/mol. The van der Waals surface area contributed by atoms with E-state index in [1.807, 2.05) is 4.57 Å². The highest BCUT2D eigenvalue weighted by atomic mass is 35.5. The van der Waals surface area contributed by atoms with Crippen molar-refractivity contribution in [3.8, 4) is 17.5 Å². The van der Waals surface area contributed by atoms with Crippen molar-refractivity contribution < 1.29 is 21.6 Å². The Morgan fingerprint density at radius 3 is 2.42 bits per heavy atom. The zero-order valence-electron chi connectivity index (χ0n) is 17.6. The van der Waals surface area contributed by atoms with Gasteiger partial charge in [-0.25, -0.2) is 13.4 Å². The zero-order valence-corrected chi connectivity index (χ0v) is 19.2. The fourth-order valence-electron chi connectivity index (χ4n) is 3.66. The van der Waals surface area contributed by atoms with Crippen LogP contribution in [0.25, 0.3) is 22.4 Å². The van der Waals surface area contributed by atoms with Crippen LogP contribution in [0, 0.1) is 11.3 Å². The molecule has 1 fully saturated rings. The van der Waals surface area contributed by atoms with Gasteiger partial charge in [0, 0.05) is 23.8 Å². The van der Waals surface area contributed by atoms with Crippen LogP contribution in [0.2, 0.25) is 5.02 Å². The molecule has 3 aromatic heterocycles. The molecule has 0 bridgehead atoms. The Balaban J connectivity index is 1.80. The molecule has 0 amide bonds. The van der Waals surface area contributed by atoms with Crippen LogP contribution in [-0.4, -0.2) is 34.7 Å². The quantitative estimate of drug-likeness (QED) is 0.536. The highest BCUT2D eigenvalue weighted by Crippen LogP contribution is 2.42. The minimum atomic E-state index is -4.78. The van der Waals surface area contributed by atoms with Crippen LogP contribution in [0.4, 0.5) is 13.2 Å². The molecule has 174 valence electrons.